The van der Waals surface area contributed by atoms with E-state index in [1.165, 1.54) is 18.2 Å². The smallest absolute Gasteiger partial charge is 0.252 e. The second-order valence-corrected chi connectivity index (χ2v) is 8.14. The number of nitrogens with one attached hydrogen (secondary N) is 3. The van der Waals surface area contributed by atoms with E-state index in [2.05, 4.69) is 31.3 Å². The van der Waals surface area contributed by atoms with Crippen LogP contribution in [0, 0.1) is 0 Å². The van der Waals surface area contributed by atoms with Crippen molar-refractivity contribution in [3.63, 3.8) is 0 Å². The third-order valence-electron chi connectivity index (χ3n) is 3.37. The van der Waals surface area contributed by atoms with Gasteiger partial charge < -0.3 is 10.6 Å². The van der Waals surface area contributed by atoms with Crippen LogP contribution in [0.5, 0.6) is 0 Å². The first-order valence-electron chi connectivity index (χ1n) is 7.70. The van der Waals surface area contributed by atoms with E-state index in [0.29, 0.717) is 11.0 Å². The third kappa shape index (κ3) is 5.29. The molecule has 0 aliphatic heterocycles. The van der Waals surface area contributed by atoms with Crippen LogP contribution in [0.3, 0.4) is 0 Å². The number of hydrogen-bond donors (Lipinski definition) is 3. The molecule has 0 unspecified atom stereocenters. The Morgan fingerprint density at radius 1 is 1.25 bits per heavy atom. The molecular formula is C15H20BrN3O4S. The summed E-state index contributed by atoms with van der Waals surface area (Å²) in [5, 5.41) is 5.13. The van der Waals surface area contributed by atoms with Gasteiger partial charge in [-0.2, -0.15) is 0 Å². The Morgan fingerprint density at radius 2 is 1.96 bits per heavy atom. The molecule has 1 aromatic carbocycles. The van der Waals surface area contributed by atoms with Crippen molar-refractivity contribution >= 4 is 37.8 Å². The van der Waals surface area contributed by atoms with Gasteiger partial charge in [-0.15, -0.1) is 0 Å². The SMILES string of the molecule is CCCNC(=O)CNC(=O)c1cc(S(=O)(=O)NC2CC2)ccc1Br. The van der Waals surface area contributed by atoms with E-state index in [0.717, 1.165) is 19.3 Å². The number of amides is 2. The summed E-state index contributed by atoms with van der Waals surface area (Å²) >= 11 is 3.23. The van der Waals surface area contributed by atoms with Crippen LogP contribution < -0.4 is 15.4 Å². The molecule has 0 aromatic heterocycles. The number of carbonyl (C=O) groups excluding carboxylic acids is 2. The van der Waals surface area contributed by atoms with Gasteiger partial charge in [0.05, 0.1) is 17.0 Å². The minimum absolute atomic E-state index is 0.0156. The number of sulfonamides is 1. The van der Waals surface area contributed by atoms with Crippen molar-refractivity contribution < 1.29 is 18.0 Å². The molecule has 132 valence electrons. The summed E-state index contributed by atoms with van der Waals surface area (Å²) < 4.78 is 27.5. The van der Waals surface area contributed by atoms with E-state index in [1.54, 1.807) is 0 Å². The van der Waals surface area contributed by atoms with E-state index >= 15 is 0 Å². The fourth-order valence-electron chi connectivity index (χ4n) is 1.92. The zero-order valence-electron chi connectivity index (χ0n) is 13.3. The lowest BCUT2D eigenvalue weighted by Crippen LogP contribution is -2.37. The van der Waals surface area contributed by atoms with Crippen LogP contribution in [0.2, 0.25) is 0 Å². The zero-order chi connectivity index (χ0) is 17.7. The molecule has 7 nitrogen and oxygen atoms in total. The summed E-state index contributed by atoms with van der Waals surface area (Å²) in [6, 6.07) is 4.22. The molecule has 2 rings (SSSR count). The average molecular weight is 418 g/mol. The molecule has 0 radical (unpaired) electrons. The number of benzene rings is 1. The summed E-state index contributed by atoms with van der Waals surface area (Å²) in [5.74, 6) is -0.808. The van der Waals surface area contributed by atoms with Crippen molar-refractivity contribution in [2.24, 2.45) is 0 Å². The standard InChI is InChI=1S/C15H20BrN3O4S/c1-2-7-17-14(20)9-18-15(21)12-8-11(5-6-13(12)16)24(22,23)19-10-3-4-10/h5-6,8,10,19H,2-4,7,9H2,1H3,(H,17,20)(H,18,21). The van der Waals surface area contributed by atoms with Gasteiger partial charge in [0.15, 0.2) is 0 Å². The Labute approximate surface area is 149 Å². The lowest BCUT2D eigenvalue weighted by Gasteiger charge is -2.10. The molecule has 0 atom stereocenters. The minimum Gasteiger partial charge on any atom is -0.355 e. The molecule has 0 saturated heterocycles. The van der Waals surface area contributed by atoms with Crippen LogP contribution >= 0.6 is 15.9 Å². The van der Waals surface area contributed by atoms with Crippen LogP contribution in [0.4, 0.5) is 0 Å². The van der Waals surface area contributed by atoms with Gasteiger partial charge in [0.25, 0.3) is 5.91 Å². The van der Waals surface area contributed by atoms with Crippen LogP contribution in [-0.2, 0) is 14.8 Å². The van der Waals surface area contributed by atoms with Gasteiger partial charge in [-0.05, 0) is 53.4 Å². The van der Waals surface area contributed by atoms with E-state index < -0.39 is 15.9 Å². The first-order valence-corrected chi connectivity index (χ1v) is 9.98. The summed E-state index contributed by atoms with van der Waals surface area (Å²) in [5.41, 5.74) is 0.164. The lowest BCUT2D eigenvalue weighted by molar-refractivity contribution is -0.120. The minimum atomic E-state index is -3.64. The quantitative estimate of drug-likeness (QED) is 0.589. The van der Waals surface area contributed by atoms with Gasteiger partial charge in [0.2, 0.25) is 15.9 Å². The Hall–Kier alpha value is -1.45. The summed E-state index contributed by atoms with van der Waals surface area (Å²) in [7, 11) is -3.64. The van der Waals surface area contributed by atoms with Gasteiger partial charge in [-0.25, -0.2) is 13.1 Å². The zero-order valence-corrected chi connectivity index (χ0v) is 15.7. The van der Waals surface area contributed by atoms with Crippen LogP contribution in [0.1, 0.15) is 36.5 Å². The average Bonchev–Trinajstić information content (AvgIpc) is 3.34. The Bertz CT molecular complexity index is 732. The molecule has 3 N–H and O–H groups in total. The van der Waals surface area contributed by atoms with E-state index in [4.69, 9.17) is 0 Å². The number of hydrogen-bond acceptors (Lipinski definition) is 4. The second kappa shape index (κ2) is 8.09. The molecular weight excluding hydrogens is 398 g/mol. The molecule has 1 saturated carbocycles. The fourth-order valence-corrected chi connectivity index (χ4v) is 3.67. The monoisotopic (exact) mass is 417 g/mol. The van der Waals surface area contributed by atoms with Gasteiger partial charge in [0.1, 0.15) is 0 Å². The molecule has 1 fully saturated rings. The molecule has 0 spiro atoms. The Morgan fingerprint density at radius 3 is 2.58 bits per heavy atom. The molecule has 1 aliphatic carbocycles. The highest BCUT2D eigenvalue weighted by Crippen LogP contribution is 2.25. The van der Waals surface area contributed by atoms with Gasteiger partial charge >= 0.3 is 0 Å². The molecule has 24 heavy (non-hydrogen) atoms. The van der Waals surface area contributed by atoms with Crippen molar-refractivity contribution in [3.05, 3.63) is 28.2 Å². The summed E-state index contributed by atoms with van der Waals surface area (Å²) in [6.07, 6.45) is 2.46. The fraction of sp³-hybridized carbons (Fsp3) is 0.467. The molecule has 1 aliphatic rings. The van der Waals surface area contributed by atoms with Crippen molar-refractivity contribution in [3.8, 4) is 0 Å². The predicted octanol–water partition coefficient (Wildman–Crippen LogP) is 1.15. The molecule has 0 heterocycles. The predicted molar refractivity (Wildman–Crippen MR) is 93.1 cm³/mol. The topological polar surface area (TPSA) is 104 Å². The van der Waals surface area contributed by atoms with E-state index in [1.807, 2.05) is 6.92 Å². The third-order valence-corrected chi connectivity index (χ3v) is 5.58. The summed E-state index contributed by atoms with van der Waals surface area (Å²) in [6.45, 7) is 2.30. The number of carbonyl (C=O) groups is 2. The Kier molecular flexibility index (Phi) is 6.36. The first kappa shape index (κ1) is 18.9. The normalized spacial score (nSPS) is 14.2. The van der Waals surface area contributed by atoms with Crippen molar-refractivity contribution in [2.75, 3.05) is 13.1 Å². The first-order chi connectivity index (χ1) is 11.3. The lowest BCUT2D eigenvalue weighted by atomic mass is 10.2. The highest BCUT2D eigenvalue weighted by Gasteiger charge is 2.28. The van der Waals surface area contributed by atoms with Crippen LogP contribution in [0.25, 0.3) is 0 Å². The largest absolute Gasteiger partial charge is 0.355 e. The van der Waals surface area contributed by atoms with Crippen molar-refractivity contribution in [1.82, 2.24) is 15.4 Å². The Balaban J connectivity index is 2.07. The second-order valence-electron chi connectivity index (χ2n) is 5.57. The van der Waals surface area contributed by atoms with Gasteiger partial charge in [-0.3, -0.25) is 9.59 Å². The number of halogens is 1. The van der Waals surface area contributed by atoms with Crippen LogP contribution in [0.15, 0.2) is 27.6 Å². The maximum absolute atomic E-state index is 12.2. The highest BCUT2D eigenvalue weighted by molar-refractivity contribution is 9.10. The van der Waals surface area contributed by atoms with Gasteiger partial charge in [-0.1, -0.05) is 6.92 Å². The summed E-state index contributed by atoms with van der Waals surface area (Å²) in [4.78, 5) is 23.8. The molecule has 9 heteroatoms. The van der Waals surface area contributed by atoms with Crippen LogP contribution in [-0.4, -0.2) is 39.4 Å². The maximum Gasteiger partial charge on any atom is 0.252 e. The highest BCUT2D eigenvalue weighted by atomic mass is 79.9. The number of rotatable bonds is 8. The molecule has 2 amide bonds. The maximum atomic E-state index is 12.2. The van der Waals surface area contributed by atoms with E-state index in [9.17, 15) is 18.0 Å². The van der Waals surface area contributed by atoms with Gasteiger partial charge in [0, 0.05) is 17.1 Å². The molecule has 0 bridgehead atoms. The van der Waals surface area contributed by atoms with Crippen molar-refractivity contribution in [2.45, 2.75) is 37.1 Å². The van der Waals surface area contributed by atoms with E-state index in [-0.39, 0.29) is 29.0 Å². The van der Waals surface area contributed by atoms with Crippen molar-refractivity contribution in [1.29, 1.82) is 0 Å². The molecule has 1 aromatic rings.